The van der Waals surface area contributed by atoms with E-state index in [1.807, 2.05) is 0 Å². The van der Waals surface area contributed by atoms with E-state index < -0.39 is 0 Å². The van der Waals surface area contributed by atoms with E-state index in [4.69, 9.17) is 0 Å². The largest absolute Gasteiger partial charge is 0.0654 e. The van der Waals surface area contributed by atoms with Crippen molar-refractivity contribution in [3.8, 4) is 0 Å². The second kappa shape index (κ2) is 3.81. The van der Waals surface area contributed by atoms with Crippen LogP contribution >= 0.6 is 0 Å². The SMILES string of the molecule is CCCC1C(C)CCCC1(C)C. The lowest BCUT2D eigenvalue weighted by atomic mass is 9.63. The average Bonchev–Trinajstić information content (AvgIpc) is 1.97. The van der Waals surface area contributed by atoms with Gasteiger partial charge in [0.25, 0.3) is 0 Å². The molecule has 0 aliphatic heterocycles. The van der Waals surface area contributed by atoms with E-state index in [9.17, 15) is 0 Å². The molecule has 2 unspecified atom stereocenters. The second-order valence-corrected chi connectivity index (χ2v) is 5.25. The summed E-state index contributed by atoms with van der Waals surface area (Å²) in [5, 5.41) is 0. The molecule has 1 saturated carbocycles. The zero-order valence-corrected chi connectivity index (χ0v) is 9.19. The van der Waals surface area contributed by atoms with Crippen molar-refractivity contribution in [3.05, 3.63) is 0 Å². The molecule has 0 nitrogen and oxygen atoms in total. The van der Waals surface area contributed by atoms with Crippen LogP contribution in [0.2, 0.25) is 0 Å². The van der Waals surface area contributed by atoms with Crippen LogP contribution in [0.5, 0.6) is 0 Å². The summed E-state index contributed by atoms with van der Waals surface area (Å²) in [6, 6.07) is 0. The lowest BCUT2D eigenvalue weighted by Gasteiger charge is -2.43. The molecule has 0 aromatic carbocycles. The van der Waals surface area contributed by atoms with E-state index in [2.05, 4.69) is 27.7 Å². The molecule has 0 bridgehead atoms. The van der Waals surface area contributed by atoms with Crippen molar-refractivity contribution in [2.24, 2.45) is 17.3 Å². The summed E-state index contributed by atoms with van der Waals surface area (Å²) in [6.07, 6.45) is 7.16. The van der Waals surface area contributed by atoms with Crippen LogP contribution in [-0.2, 0) is 0 Å². The fraction of sp³-hybridized carbons (Fsp3) is 1.00. The zero-order valence-electron chi connectivity index (χ0n) is 9.19. The maximum Gasteiger partial charge on any atom is -0.0323 e. The van der Waals surface area contributed by atoms with Crippen molar-refractivity contribution in [2.75, 3.05) is 0 Å². The Balaban J connectivity index is 2.60. The zero-order chi connectivity index (χ0) is 9.19. The predicted molar refractivity (Wildman–Crippen MR) is 55.2 cm³/mol. The third-order valence-corrected chi connectivity index (χ3v) is 3.77. The maximum absolute atomic E-state index is 2.46. The lowest BCUT2D eigenvalue weighted by molar-refractivity contribution is 0.0758. The van der Waals surface area contributed by atoms with Gasteiger partial charge >= 0.3 is 0 Å². The van der Waals surface area contributed by atoms with E-state index in [-0.39, 0.29) is 0 Å². The van der Waals surface area contributed by atoms with Crippen LogP contribution in [0, 0.1) is 17.3 Å². The van der Waals surface area contributed by atoms with Crippen LogP contribution in [0.3, 0.4) is 0 Å². The number of hydrogen-bond acceptors (Lipinski definition) is 0. The maximum atomic E-state index is 2.46. The van der Waals surface area contributed by atoms with Crippen molar-refractivity contribution in [2.45, 2.75) is 59.8 Å². The van der Waals surface area contributed by atoms with Gasteiger partial charge in [-0.1, -0.05) is 47.0 Å². The first-order chi connectivity index (χ1) is 5.58. The first kappa shape index (κ1) is 10.1. The Morgan fingerprint density at radius 2 is 2.00 bits per heavy atom. The van der Waals surface area contributed by atoms with E-state index in [1.54, 1.807) is 0 Å². The highest BCUT2D eigenvalue weighted by Crippen LogP contribution is 2.45. The summed E-state index contributed by atoms with van der Waals surface area (Å²) in [4.78, 5) is 0. The fourth-order valence-corrected chi connectivity index (χ4v) is 3.02. The van der Waals surface area contributed by atoms with Gasteiger partial charge < -0.3 is 0 Å². The Morgan fingerprint density at radius 3 is 2.50 bits per heavy atom. The van der Waals surface area contributed by atoms with Gasteiger partial charge in [-0.15, -0.1) is 0 Å². The summed E-state index contributed by atoms with van der Waals surface area (Å²) in [5.41, 5.74) is 0.619. The van der Waals surface area contributed by atoms with Gasteiger partial charge in [-0.05, 0) is 30.1 Å². The summed E-state index contributed by atoms with van der Waals surface area (Å²) < 4.78 is 0. The molecule has 0 aromatic rings. The molecular weight excluding hydrogens is 144 g/mol. The molecule has 1 aliphatic rings. The molecule has 0 amide bonds. The van der Waals surface area contributed by atoms with Gasteiger partial charge in [-0.2, -0.15) is 0 Å². The van der Waals surface area contributed by atoms with Crippen LogP contribution < -0.4 is 0 Å². The van der Waals surface area contributed by atoms with Crippen molar-refractivity contribution in [3.63, 3.8) is 0 Å². The molecule has 2 atom stereocenters. The summed E-state index contributed by atoms with van der Waals surface area (Å²) in [6.45, 7) is 9.69. The van der Waals surface area contributed by atoms with Crippen LogP contribution in [0.4, 0.5) is 0 Å². The van der Waals surface area contributed by atoms with Crippen molar-refractivity contribution >= 4 is 0 Å². The Bertz CT molecular complexity index is 135. The molecule has 0 N–H and O–H groups in total. The van der Waals surface area contributed by atoms with Gasteiger partial charge in [0.05, 0.1) is 0 Å². The topological polar surface area (TPSA) is 0 Å². The minimum absolute atomic E-state index is 0.619. The molecule has 72 valence electrons. The minimum atomic E-state index is 0.619. The van der Waals surface area contributed by atoms with Gasteiger partial charge in [-0.25, -0.2) is 0 Å². The van der Waals surface area contributed by atoms with Gasteiger partial charge in [0.1, 0.15) is 0 Å². The van der Waals surface area contributed by atoms with E-state index in [0.717, 1.165) is 11.8 Å². The van der Waals surface area contributed by atoms with Crippen molar-refractivity contribution in [1.82, 2.24) is 0 Å². The van der Waals surface area contributed by atoms with Crippen molar-refractivity contribution in [1.29, 1.82) is 0 Å². The third kappa shape index (κ3) is 2.02. The summed E-state index contributed by atoms with van der Waals surface area (Å²) in [7, 11) is 0. The highest BCUT2D eigenvalue weighted by molar-refractivity contribution is 4.85. The first-order valence-corrected chi connectivity index (χ1v) is 5.58. The van der Waals surface area contributed by atoms with Crippen molar-refractivity contribution < 1.29 is 0 Å². The molecule has 0 heterocycles. The Kier molecular flexibility index (Phi) is 3.20. The Morgan fingerprint density at radius 1 is 1.33 bits per heavy atom. The highest BCUT2D eigenvalue weighted by Gasteiger charge is 2.35. The standard InChI is InChI=1S/C12H24/c1-5-7-11-10(2)8-6-9-12(11,3)4/h10-11H,5-9H2,1-4H3. The minimum Gasteiger partial charge on any atom is -0.0654 e. The molecule has 0 aromatic heterocycles. The van der Waals surface area contributed by atoms with Crippen LogP contribution in [-0.4, -0.2) is 0 Å². The van der Waals surface area contributed by atoms with Crippen LogP contribution in [0.1, 0.15) is 59.8 Å². The molecule has 0 saturated heterocycles. The fourth-order valence-electron chi connectivity index (χ4n) is 3.02. The molecule has 1 fully saturated rings. The number of rotatable bonds is 2. The second-order valence-electron chi connectivity index (χ2n) is 5.25. The average molecular weight is 168 g/mol. The third-order valence-electron chi connectivity index (χ3n) is 3.77. The smallest absolute Gasteiger partial charge is 0.0323 e. The molecule has 0 spiro atoms. The normalized spacial score (nSPS) is 35.0. The highest BCUT2D eigenvalue weighted by atomic mass is 14.4. The summed E-state index contributed by atoms with van der Waals surface area (Å²) in [5.74, 6) is 1.95. The number of hydrogen-bond donors (Lipinski definition) is 0. The Hall–Kier alpha value is 0. The summed E-state index contributed by atoms with van der Waals surface area (Å²) >= 11 is 0. The predicted octanol–water partition coefficient (Wildman–Crippen LogP) is 4.25. The van der Waals surface area contributed by atoms with Crippen LogP contribution in [0.15, 0.2) is 0 Å². The Labute approximate surface area is 77.7 Å². The van der Waals surface area contributed by atoms with E-state index in [0.29, 0.717) is 5.41 Å². The molecular formula is C12H24. The first-order valence-electron chi connectivity index (χ1n) is 5.58. The molecule has 1 aliphatic carbocycles. The van der Waals surface area contributed by atoms with Gasteiger partial charge in [0.2, 0.25) is 0 Å². The molecule has 12 heavy (non-hydrogen) atoms. The van der Waals surface area contributed by atoms with Gasteiger partial charge in [0.15, 0.2) is 0 Å². The quantitative estimate of drug-likeness (QED) is 0.578. The monoisotopic (exact) mass is 168 g/mol. The lowest BCUT2D eigenvalue weighted by Crippen LogP contribution is -2.33. The van der Waals surface area contributed by atoms with E-state index in [1.165, 1.54) is 32.1 Å². The molecule has 1 rings (SSSR count). The molecule has 0 heteroatoms. The molecule has 0 radical (unpaired) electrons. The van der Waals surface area contributed by atoms with Crippen LogP contribution in [0.25, 0.3) is 0 Å². The van der Waals surface area contributed by atoms with Gasteiger partial charge in [-0.3, -0.25) is 0 Å². The van der Waals surface area contributed by atoms with E-state index >= 15 is 0 Å². The van der Waals surface area contributed by atoms with Gasteiger partial charge in [0, 0.05) is 0 Å².